The first kappa shape index (κ1) is 12.7. The fourth-order valence-corrected chi connectivity index (χ4v) is 2.47. The molecule has 0 aromatic rings. The van der Waals surface area contributed by atoms with Crippen LogP contribution >= 0.6 is 0 Å². The summed E-state index contributed by atoms with van der Waals surface area (Å²) in [6, 6.07) is -0.254. The summed E-state index contributed by atoms with van der Waals surface area (Å²) in [5.41, 5.74) is -0.238. The lowest BCUT2D eigenvalue weighted by Crippen LogP contribution is -2.45. The Bertz CT molecular complexity index is 317. The summed E-state index contributed by atoms with van der Waals surface area (Å²) in [5.74, 6) is -0.240. The highest BCUT2D eigenvalue weighted by molar-refractivity contribution is 5.90. The molecular formula is C12H19NO3. The van der Waals surface area contributed by atoms with Crippen LogP contribution < -0.4 is 0 Å². The predicted octanol–water partition coefficient (Wildman–Crippen LogP) is 2.16. The molecule has 4 heteroatoms. The van der Waals surface area contributed by atoms with Crippen LogP contribution in [0.5, 0.6) is 0 Å². The molecule has 2 atom stereocenters. The molecule has 1 fully saturated rings. The SMILES string of the molecule is C=CCC1C(=O)CN(C(=O)O)C1C(C)(C)C. The molecule has 1 heterocycles. The second-order valence-corrected chi connectivity index (χ2v) is 5.32. The Morgan fingerprint density at radius 1 is 1.62 bits per heavy atom. The van der Waals surface area contributed by atoms with Crippen molar-refractivity contribution >= 4 is 11.9 Å². The lowest BCUT2D eigenvalue weighted by molar-refractivity contribution is -0.120. The lowest BCUT2D eigenvalue weighted by Gasteiger charge is -2.35. The van der Waals surface area contributed by atoms with E-state index >= 15 is 0 Å². The average molecular weight is 225 g/mol. The average Bonchev–Trinajstić information content (AvgIpc) is 2.44. The van der Waals surface area contributed by atoms with Gasteiger partial charge in [0.15, 0.2) is 5.78 Å². The summed E-state index contributed by atoms with van der Waals surface area (Å²) in [6.45, 7) is 9.52. The van der Waals surface area contributed by atoms with Gasteiger partial charge in [-0.3, -0.25) is 9.69 Å². The first-order valence-electron chi connectivity index (χ1n) is 5.42. The summed E-state index contributed by atoms with van der Waals surface area (Å²) in [7, 11) is 0. The van der Waals surface area contributed by atoms with Crippen LogP contribution in [0.4, 0.5) is 4.79 Å². The molecule has 0 saturated carbocycles. The first-order chi connectivity index (χ1) is 7.29. The van der Waals surface area contributed by atoms with Gasteiger partial charge in [0.25, 0.3) is 0 Å². The molecule has 0 aromatic heterocycles. The van der Waals surface area contributed by atoms with Gasteiger partial charge in [-0.2, -0.15) is 0 Å². The minimum absolute atomic E-state index is 0.00206. The smallest absolute Gasteiger partial charge is 0.407 e. The van der Waals surface area contributed by atoms with E-state index in [4.69, 9.17) is 5.11 Å². The van der Waals surface area contributed by atoms with E-state index < -0.39 is 6.09 Å². The summed E-state index contributed by atoms with van der Waals surface area (Å²) in [5, 5.41) is 9.10. The summed E-state index contributed by atoms with van der Waals surface area (Å²) < 4.78 is 0. The fourth-order valence-electron chi connectivity index (χ4n) is 2.47. The molecular weight excluding hydrogens is 206 g/mol. The van der Waals surface area contributed by atoms with Crippen molar-refractivity contribution in [2.45, 2.75) is 33.2 Å². The molecule has 1 rings (SSSR count). The molecule has 90 valence electrons. The second kappa shape index (κ2) is 4.28. The maximum atomic E-state index is 11.8. The van der Waals surface area contributed by atoms with E-state index in [0.717, 1.165) is 0 Å². The van der Waals surface area contributed by atoms with Gasteiger partial charge in [0.2, 0.25) is 0 Å². The molecule has 1 aliphatic rings. The number of rotatable bonds is 2. The van der Waals surface area contributed by atoms with E-state index in [9.17, 15) is 9.59 Å². The van der Waals surface area contributed by atoms with E-state index in [-0.39, 0.29) is 29.7 Å². The van der Waals surface area contributed by atoms with Gasteiger partial charge in [-0.15, -0.1) is 6.58 Å². The number of allylic oxidation sites excluding steroid dienone is 1. The van der Waals surface area contributed by atoms with Crippen LogP contribution in [0.1, 0.15) is 27.2 Å². The molecule has 0 aliphatic carbocycles. The topological polar surface area (TPSA) is 57.6 Å². The molecule has 0 bridgehead atoms. The van der Waals surface area contributed by atoms with Gasteiger partial charge in [-0.25, -0.2) is 4.79 Å². The third kappa shape index (κ3) is 2.26. The minimum Gasteiger partial charge on any atom is -0.465 e. The molecule has 1 N–H and O–H groups in total. The van der Waals surface area contributed by atoms with E-state index in [0.29, 0.717) is 6.42 Å². The van der Waals surface area contributed by atoms with Gasteiger partial charge >= 0.3 is 6.09 Å². The van der Waals surface area contributed by atoms with Crippen molar-refractivity contribution in [1.29, 1.82) is 0 Å². The molecule has 0 aromatic carbocycles. The first-order valence-corrected chi connectivity index (χ1v) is 5.42. The van der Waals surface area contributed by atoms with E-state index in [1.54, 1.807) is 6.08 Å². The van der Waals surface area contributed by atoms with Crippen molar-refractivity contribution in [2.75, 3.05) is 6.54 Å². The van der Waals surface area contributed by atoms with E-state index in [2.05, 4.69) is 6.58 Å². The van der Waals surface area contributed by atoms with Gasteiger partial charge in [-0.05, 0) is 11.8 Å². The van der Waals surface area contributed by atoms with Crippen molar-refractivity contribution in [3.63, 3.8) is 0 Å². The van der Waals surface area contributed by atoms with Crippen molar-refractivity contribution in [3.8, 4) is 0 Å². The highest BCUT2D eigenvalue weighted by Gasteiger charge is 2.47. The number of nitrogens with zero attached hydrogens (tertiary/aromatic N) is 1. The number of hydrogen-bond donors (Lipinski definition) is 1. The largest absolute Gasteiger partial charge is 0.465 e. The number of carbonyl (C=O) groups excluding carboxylic acids is 1. The second-order valence-electron chi connectivity index (χ2n) is 5.32. The van der Waals surface area contributed by atoms with Crippen LogP contribution in [0.15, 0.2) is 12.7 Å². The highest BCUT2D eigenvalue weighted by atomic mass is 16.4. The molecule has 1 amide bonds. The van der Waals surface area contributed by atoms with E-state index in [1.165, 1.54) is 4.90 Å². The van der Waals surface area contributed by atoms with Crippen LogP contribution in [0.2, 0.25) is 0 Å². The lowest BCUT2D eigenvalue weighted by atomic mass is 9.78. The number of amides is 1. The third-order valence-electron chi connectivity index (χ3n) is 3.01. The number of hydrogen-bond acceptors (Lipinski definition) is 2. The van der Waals surface area contributed by atoms with Gasteiger partial charge in [-0.1, -0.05) is 26.8 Å². The zero-order valence-electron chi connectivity index (χ0n) is 10.1. The number of likely N-dealkylation sites (tertiary alicyclic amines) is 1. The third-order valence-corrected chi connectivity index (χ3v) is 3.01. The van der Waals surface area contributed by atoms with Gasteiger partial charge in [0, 0.05) is 5.92 Å². The van der Waals surface area contributed by atoms with Crippen LogP contribution in [-0.2, 0) is 4.79 Å². The summed E-state index contributed by atoms with van der Waals surface area (Å²) in [6.07, 6.45) is 1.22. The summed E-state index contributed by atoms with van der Waals surface area (Å²) in [4.78, 5) is 24.1. The van der Waals surface area contributed by atoms with Gasteiger partial charge < -0.3 is 5.11 Å². The van der Waals surface area contributed by atoms with Gasteiger partial charge in [0.05, 0.1) is 12.6 Å². The number of carbonyl (C=O) groups is 2. The van der Waals surface area contributed by atoms with E-state index in [1.807, 2.05) is 20.8 Å². The molecule has 2 unspecified atom stereocenters. The van der Waals surface area contributed by atoms with Crippen molar-refractivity contribution < 1.29 is 14.7 Å². The zero-order chi connectivity index (χ0) is 12.5. The Kier molecular flexibility index (Phi) is 3.41. The normalized spacial score (nSPS) is 25.9. The van der Waals surface area contributed by atoms with Crippen LogP contribution in [-0.4, -0.2) is 34.5 Å². The number of Topliss-reactive ketones (excluding diaryl/α,β-unsaturated/α-hetero) is 1. The molecule has 0 spiro atoms. The molecule has 1 aliphatic heterocycles. The van der Waals surface area contributed by atoms with Crippen molar-refractivity contribution in [2.24, 2.45) is 11.3 Å². The maximum absolute atomic E-state index is 11.8. The van der Waals surface area contributed by atoms with Crippen molar-refractivity contribution in [1.82, 2.24) is 4.90 Å². The standard InChI is InChI=1S/C12H19NO3/c1-5-6-8-9(14)7-13(11(15)16)10(8)12(2,3)4/h5,8,10H,1,6-7H2,2-4H3,(H,15,16). The monoisotopic (exact) mass is 225 g/mol. The molecule has 0 radical (unpaired) electrons. The van der Waals surface area contributed by atoms with Gasteiger partial charge in [0.1, 0.15) is 0 Å². The number of carboxylic acid groups (broad SMARTS) is 1. The highest BCUT2D eigenvalue weighted by Crippen LogP contribution is 2.37. The molecule has 4 nitrogen and oxygen atoms in total. The van der Waals surface area contributed by atoms with Crippen LogP contribution in [0, 0.1) is 11.3 Å². The molecule has 16 heavy (non-hydrogen) atoms. The zero-order valence-corrected chi connectivity index (χ0v) is 10.1. The predicted molar refractivity (Wildman–Crippen MR) is 61.3 cm³/mol. The quantitative estimate of drug-likeness (QED) is 0.732. The fraction of sp³-hybridized carbons (Fsp3) is 0.667. The minimum atomic E-state index is -1.01. The Morgan fingerprint density at radius 2 is 2.19 bits per heavy atom. The van der Waals surface area contributed by atoms with Crippen LogP contribution in [0.25, 0.3) is 0 Å². The van der Waals surface area contributed by atoms with Crippen molar-refractivity contribution in [3.05, 3.63) is 12.7 Å². The maximum Gasteiger partial charge on any atom is 0.407 e. The Labute approximate surface area is 95.9 Å². The Balaban J connectivity index is 3.04. The van der Waals surface area contributed by atoms with Crippen LogP contribution in [0.3, 0.4) is 0 Å². The Hall–Kier alpha value is -1.32. The Morgan fingerprint density at radius 3 is 2.56 bits per heavy atom. The molecule has 1 saturated heterocycles. The number of ketones is 1. The summed E-state index contributed by atoms with van der Waals surface area (Å²) >= 11 is 0.